The Bertz CT molecular complexity index is 697. The van der Waals surface area contributed by atoms with Crippen LogP contribution in [0.1, 0.15) is 102 Å². The first-order valence-electron chi connectivity index (χ1n) is 13.7. The van der Waals surface area contributed by atoms with Crippen LogP contribution in [-0.4, -0.2) is 39.1 Å². The number of phenols is 1. The van der Waals surface area contributed by atoms with Gasteiger partial charge in [0.2, 0.25) is 0 Å². The van der Waals surface area contributed by atoms with Crippen molar-refractivity contribution in [2.75, 3.05) is 7.11 Å². The molecule has 0 spiro atoms. The summed E-state index contributed by atoms with van der Waals surface area (Å²) in [5, 5.41) is 14.5. The predicted octanol–water partition coefficient (Wildman–Crippen LogP) is 6.92. The van der Waals surface area contributed by atoms with Crippen LogP contribution in [0.4, 0.5) is 0 Å². The van der Waals surface area contributed by atoms with E-state index in [-0.39, 0.29) is 11.7 Å². The van der Waals surface area contributed by atoms with E-state index in [2.05, 4.69) is 24.4 Å². The number of phenolic OH excluding ortho intramolecular Hbond substituents is 1. The Labute approximate surface area is 220 Å². The monoisotopic (exact) mass is 554 g/mol. The van der Waals surface area contributed by atoms with Crippen molar-refractivity contribution in [2.24, 2.45) is 5.73 Å². The molecule has 200 valence electrons. The van der Waals surface area contributed by atoms with Crippen molar-refractivity contribution < 1.29 is 14.6 Å². The number of carbonyl (C=O) groups excluding carboxylic acids is 1. The second-order valence-corrected chi connectivity index (χ2v) is 11.8. The van der Waals surface area contributed by atoms with Gasteiger partial charge in [0.25, 0.3) is 0 Å². The fourth-order valence-corrected chi connectivity index (χ4v) is 5.95. The maximum atomic E-state index is 12.2. The summed E-state index contributed by atoms with van der Waals surface area (Å²) in [4.78, 5) is 12.2. The van der Waals surface area contributed by atoms with E-state index in [1.165, 1.54) is 102 Å². The number of benzene rings is 1. The van der Waals surface area contributed by atoms with E-state index < -0.39 is 6.04 Å². The van der Waals surface area contributed by atoms with Gasteiger partial charge in [-0.3, -0.25) is 0 Å². The summed E-state index contributed by atoms with van der Waals surface area (Å²) in [5.41, 5.74) is 6.94. The molecule has 0 unspecified atom stereocenters. The second-order valence-electron chi connectivity index (χ2n) is 9.34. The molecule has 1 amide bonds. The number of ether oxygens (including phenoxy) is 1. The molecule has 4 N–H and O–H groups in total. The molecule has 1 aromatic rings. The number of methoxy groups -OCH3 is 1. The van der Waals surface area contributed by atoms with Crippen molar-refractivity contribution in [1.82, 2.24) is 5.32 Å². The van der Waals surface area contributed by atoms with Crippen molar-refractivity contribution in [1.29, 1.82) is 0 Å². The third-order valence-corrected chi connectivity index (χ3v) is 8.60. The number of hydrogen-bond donors (Lipinski definition) is 3. The Morgan fingerprint density at radius 3 is 2.23 bits per heavy atom. The van der Waals surface area contributed by atoms with Crippen molar-refractivity contribution in [3.63, 3.8) is 0 Å². The molecule has 0 aliphatic rings. The maximum absolute atomic E-state index is 12.2. The van der Waals surface area contributed by atoms with Gasteiger partial charge < -0.3 is 0 Å². The first kappa shape index (κ1) is 31.5. The molecule has 1 rings (SSSR count). The second kappa shape index (κ2) is 21.8. The molecule has 0 radical (unpaired) electrons. The third kappa shape index (κ3) is 16.7. The molecule has 1 aromatic carbocycles. The van der Waals surface area contributed by atoms with Gasteiger partial charge in [-0.25, -0.2) is 0 Å². The van der Waals surface area contributed by atoms with Gasteiger partial charge in [0.1, 0.15) is 0 Å². The normalized spacial score (nSPS) is 12.2. The van der Waals surface area contributed by atoms with Crippen LogP contribution in [0.15, 0.2) is 30.4 Å². The minimum absolute atomic E-state index is 0.0909. The summed E-state index contributed by atoms with van der Waals surface area (Å²) in [6.07, 6.45) is 23.4. The van der Waals surface area contributed by atoms with Crippen LogP contribution in [0, 0.1) is 0 Å². The number of rotatable bonds is 22. The van der Waals surface area contributed by atoms with Crippen LogP contribution >= 0.6 is 0 Å². The van der Waals surface area contributed by atoms with Crippen LogP contribution in [0.5, 0.6) is 11.5 Å². The molecule has 0 aromatic heterocycles. The van der Waals surface area contributed by atoms with Crippen LogP contribution in [-0.2, 0) is 11.3 Å². The Hall–Kier alpha value is -1.49. The van der Waals surface area contributed by atoms with Gasteiger partial charge in [0.05, 0.1) is 0 Å². The first-order valence-corrected chi connectivity index (χ1v) is 16.1. The number of nitrogens with two attached hydrogens (primary N) is 1. The zero-order valence-corrected chi connectivity index (χ0v) is 23.9. The fourth-order valence-electron chi connectivity index (χ4n) is 3.89. The van der Waals surface area contributed by atoms with Gasteiger partial charge in [0.15, 0.2) is 0 Å². The van der Waals surface area contributed by atoms with Crippen LogP contribution in [0.2, 0.25) is 10.6 Å². The summed E-state index contributed by atoms with van der Waals surface area (Å²) >= 11 is 0.416. The van der Waals surface area contributed by atoms with Crippen LogP contribution < -0.4 is 15.8 Å². The average molecular weight is 554 g/mol. The Morgan fingerprint density at radius 2 is 1.60 bits per heavy atom. The van der Waals surface area contributed by atoms with E-state index in [1.807, 2.05) is 0 Å². The number of nitrogens with one attached hydrogen (secondary N) is 1. The van der Waals surface area contributed by atoms with Crippen molar-refractivity contribution >= 4 is 20.9 Å². The number of aromatic hydroxyl groups is 1. The van der Waals surface area contributed by atoms with E-state index in [0.29, 0.717) is 27.3 Å². The van der Waals surface area contributed by atoms with Crippen molar-refractivity contribution in [3.05, 3.63) is 35.9 Å². The molecule has 0 aliphatic carbocycles. The molecule has 0 aliphatic heterocycles. The van der Waals surface area contributed by atoms with Crippen molar-refractivity contribution in [2.45, 2.75) is 120 Å². The number of carbonyl (C=O) groups is 1. The SMILES string of the molecule is CCCCCCCC/C=C\CCCCCCCC[Se]C[C@H](N)C(=O)NCc1ccc(O)c(OC)c1. The molecule has 0 saturated carbocycles. The molecule has 0 heterocycles. The minimum atomic E-state index is -0.442. The van der Waals surface area contributed by atoms with Gasteiger partial charge in [-0.15, -0.1) is 0 Å². The Kier molecular flexibility index (Phi) is 19.6. The molecular weight excluding hydrogens is 503 g/mol. The zero-order chi connectivity index (χ0) is 25.6. The van der Waals surface area contributed by atoms with Gasteiger partial charge >= 0.3 is 182 Å². The molecule has 0 fully saturated rings. The van der Waals surface area contributed by atoms with E-state index >= 15 is 0 Å². The van der Waals surface area contributed by atoms with Gasteiger partial charge in [0, 0.05) is 0 Å². The quantitative estimate of drug-likeness (QED) is 0.0827. The fraction of sp³-hybridized carbons (Fsp3) is 0.690. The summed E-state index contributed by atoms with van der Waals surface area (Å²) in [5.74, 6) is 0.383. The number of hydrogen-bond acceptors (Lipinski definition) is 4. The topological polar surface area (TPSA) is 84.6 Å². The third-order valence-electron chi connectivity index (χ3n) is 6.15. The summed E-state index contributed by atoms with van der Waals surface area (Å²) < 4.78 is 5.10. The molecule has 6 heteroatoms. The standard InChI is InChI=1S/C29H50N2O3Se/c1-3-4-5-6-7-8-9-10-11-12-13-14-15-16-17-18-21-35-24-26(30)29(33)31-23-25-19-20-27(32)28(22-25)34-2/h10-11,19-20,22,26,32H,3-9,12-18,21,23-24,30H2,1-2H3,(H,31,33)/b11-10-/t26-/m0/s1. The molecular formula is C29H50N2O3Se. The van der Waals surface area contributed by atoms with E-state index in [1.54, 1.807) is 18.2 Å². The number of unbranched alkanes of at least 4 members (excludes halogenated alkanes) is 12. The summed E-state index contributed by atoms with van der Waals surface area (Å²) in [6, 6.07) is 4.61. The number of amides is 1. The predicted molar refractivity (Wildman–Crippen MR) is 149 cm³/mol. The molecule has 35 heavy (non-hydrogen) atoms. The van der Waals surface area contributed by atoms with Gasteiger partial charge in [-0.2, -0.15) is 0 Å². The van der Waals surface area contributed by atoms with E-state index in [0.717, 1.165) is 10.9 Å². The Morgan fingerprint density at radius 1 is 1.00 bits per heavy atom. The summed E-state index contributed by atoms with van der Waals surface area (Å²) in [7, 11) is 1.51. The van der Waals surface area contributed by atoms with Crippen LogP contribution in [0.25, 0.3) is 0 Å². The molecule has 1 atom stereocenters. The Balaban J connectivity index is 1.92. The zero-order valence-electron chi connectivity index (χ0n) is 22.2. The average Bonchev–Trinajstić information content (AvgIpc) is 2.87. The van der Waals surface area contributed by atoms with E-state index in [9.17, 15) is 9.90 Å². The molecule has 5 nitrogen and oxygen atoms in total. The molecule has 0 bridgehead atoms. The molecule has 0 saturated heterocycles. The van der Waals surface area contributed by atoms with Crippen molar-refractivity contribution in [3.8, 4) is 11.5 Å². The van der Waals surface area contributed by atoms with Gasteiger partial charge in [-0.1, -0.05) is 39.0 Å². The number of allylic oxidation sites excluding steroid dienone is 2. The summed E-state index contributed by atoms with van der Waals surface area (Å²) in [6.45, 7) is 2.65. The first-order chi connectivity index (χ1) is 17.1. The van der Waals surface area contributed by atoms with Gasteiger partial charge in [-0.05, 0) is 0 Å². The van der Waals surface area contributed by atoms with E-state index in [4.69, 9.17) is 10.5 Å². The van der Waals surface area contributed by atoms with Crippen LogP contribution in [0.3, 0.4) is 0 Å².